The summed E-state index contributed by atoms with van der Waals surface area (Å²) < 4.78 is 6.18. The number of ether oxygens (including phenoxy) is 1. The highest BCUT2D eigenvalue weighted by Gasteiger charge is 2.76. The van der Waals surface area contributed by atoms with E-state index in [1.165, 1.54) is 0 Å². The number of aliphatic hydroxyl groups excluding tert-OH is 1. The van der Waals surface area contributed by atoms with Crippen LogP contribution in [0.15, 0.2) is 12.2 Å². The number of carbonyl (C=O) groups is 2. The Balaban J connectivity index is 1.80. The lowest BCUT2D eigenvalue weighted by atomic mass is 9.50. The molecule has 7 atom stereocenters. The van der Waals surface area contributed by atoms with Crippen molar-refractivity contribution in [1.29, 1.82) is 0 Å². The molecule has 2 saturated heterocycles. The largest absolute Gasteiger partial charge is 0.481 e. The van der Waals surface area contributed by atoms with Gasteiger partial charge in [-0.2, -0.15) is 0 Å². The van der Waals surface area contributed by atoms with Crippen LogP contribution in [0.2, 0.25) is 0 Å². The van der Waals surface area contributed by atoms with Crippen molar-refractivity contribution in [2.75, 3.05) is 0 Å². The quantitative estimate of drug-likeness (QED) is 0.826. The standard InChI is InChI=1S/C17H22O5/c1-15(5-4-12(19)20)11(18)3-6-17-8-9-7-10(13(15)17)22-16(9,2)14(17)21/h3,6,9-10,13-14,21H,4-5,7-8H2,1-2H3,(H,19,20)/t9-,10+,13?,14+,15-,16-,17-/m1/s1. The first-order valence-electron chi connectivity index (χ1n) is 8.05. The van der Waals surface area contributed by atoms with Crippen LogP contribution in [0, 0.1) is 22.7 Å². The number of carboxylic acid groups (broad SMARTS) is 1. The zero-order valence-electron chi connectivity index (χ0n) is 12.9. The Morgan fingerprint density at radius 3 is 2.82 bits per heavy atom. The molecule has 2 saturated carbocycles. The van der Waals surface area contributed by atoms with Gasteiger partial charge in [0.15, 0.2) is 5.78 Å². The molecule has 0 aromatic rings. The van der Waals surface area contributed by atoms with E-state index in [4.69, 9.17) is 9.84 Å². The van der Waals surface area contributed by atoms with Crippen LogP contribution in [-0.2, 0) is 14.3 Å². The Morgan fingerprint density at radius 2 is 2.18 bits per heavy atom. The maximum absolute atomic E-state index is 12.6. The summed E-state index contributed by atoms with van der Waals surface area (Å²) in [5.74, 6) is -0.722. The van der Waals surface area contributed by atoms with Crippen molar-refractivity contribution in [3.8, 4) is 0 Å². The summed E-state index contributed by atoms with van der Waals surface area (Å²) >= 11 is 0. The minimum absolute atomic E-state index is 0.0286. The van der Waals surface area contributed by atoms with Gasteiger partial charge in [-0.1, -0.05) is 13.0 Å². The summed E-state index contributed by atoms with van der Waals surface area (Å²) in [4.78, 5) is 23.6. The molecule has 1 spiro atoms. The minimum atomic E-state index is -0.891. The molecule has 5 aliphatic rings. The molecule has 2 aliphatic heterocycles. The highest BCUT2D eigenvalue weighted by Crippen LogP contribution is 2.71. The molecule has 5 nitrogen and oxygen atoms in total. The molecule has 3 aliphatic carbocycles. The summed E-state index contributed by atoms with van der Waals surface area (Å²) in [5.41, 5.74) is -1.71. The van der Waals surface area contributed by atoms with Gasteiger partial charge in [0.1, 0.15) is 0 Å². The Kier molecular flexibility index (Phi) is 2.62. The highest BCUT2D eigenvalue weighted by atomic mass is 16.5. The molecular weight excluding hydrogens is 284 g/mol. The van der Waals surface area contributed by atoms with E-state index in [0.717, 1.165) is 12.8 Å². The van der Waals surface area contributed by atoms with E-state index >= 15 is 0 Å². The van der Waals surface area contributed by atoms with Gasteiger partial charge in [0.25, 0.3) is 0 Å². The van der Waals surface area contributed by atoms with Crippen LogP contribution in [0.5, 0.6) is 0 Å². The van der Waals surface area contributed by atoms with E-state index in [9.17, 15) is 14.7 Å². The maximum atomic E-state index is 12.6. The second kappa shape index (κ2) is 4.01. The van der Waals surface area contributed by atoms with E-state index in [1.54, 1.807) is 6.08 Å². The third-order valence-electron chi connectivity index (χ3n) is 6.99. The number of aliphatic hydroxyl groups is 1. The first-order chi connectivity index (χ1) is 10.2. The smallest absolute Gasteiger partial charge is 0.303 e. The maximum Gasteiger partial charge on any atom is 0.303 e. The molecule has 0 aromatic carbocycles. The number of hydrogen-bond donors (Lipinski definition) is 2. The minimum Gasteiger partial charge on any atom is -0.481 e. The van der Waals surface area contributed by atoms with Crippen LogP contribution in [0.25, 0.3) is 0 Å². The molecule has 5 heteroatoms. The van der Waals surface area contributed by atoms with E-state index < -0.39 is 28.5 Å². The number of carboxylic acids is 1. The van der Waals surface area contributed by atoms with Gasteiger partial charge in [0.2, 0.25) is 0 Å². The number of aliphatic carboxylic acids is 1. The molecular formula is C17H22O5. The predicted octanol–water partition coefficient (Wildman–Crippen LogP) is 1.54. The third kappa shape index (κ3) is 1.42. The van der Waals surface area contributed by atoms with Gasteiger partial charge in [-0.3, -0.25) is 9.59 Å². The predicted molar refractivity (Wildman–Crippen MR) is 77.1 cm³/mol. The molecule has 22 heavy (non-hydrogen) atoms. The average molecular weight is 306 g/mol. The number of hydrogen-bond acceptors (Lipinski definition) is 4. The van der Waals surface area contributed by atoms with Crippen molar-refractivity contribution < 1.29 is 24.5 Å². The van der Waals surface area contributed by atoms with E-state index in [2.05, 4.69) is 0 Å². The average Bonchev–Trinajstić information content (AvgIpc) is 2.79. The Hall–Kier alpha value is -1.20. The van der Waals surface area contributed by atoms with Crippen LogP contribution >= 0.6 is 0 Å². The first kappa shape index (κ1) is 14.4. The Bertz CT molecular complexity index is 598. The van der Waals surface area contributed by atoms with Crippen LogP contribution in [0.1, 0.15) is 39.5 Å². The second-order valence-corrected chi connectivity index (χ2v) is 7.98. The molecule has 4 fully saturated rings. The van der Waals surface area contributed by atoms with Crippen LogP contribution < -0.4 is 0 Å². The lowest BCUT2D eigenvalue weighted by Gasteiger charge is -2.57. The topological polar surface area (TPSA) is 83.8 Å². The molecule has 0 aromatic heterocycles. The van der Waals surface area contributed by atoms with Gasteiger partial charge < -0.3 is 14.9 Å². The lowest BCUT2D eigenvalue weighted by Crippen LogP contribution is -2.62. The van der Waals surface area contributed by atoms with Gasteiger partial charge in [0.05, 0.1) is 17.8 Å². The van der Waals surface area contributed by atoms with E-state index in [-0.39, 0.29) is 24.2 Å². The van der Waals surface area contributed by atoms with Crippen LogP contribution in [0.4, 0.5) is 0 Å². The fourth-order valence-corrected chi connectivity index (χ4v) is 5.96. The first-order valence-corrected chi connectivity index (χ1v) is 8.05. The molecule has 0 amide bonds. The molecule has 4 bridgehead atoms. The molecule has 2 heterocycles. The van der Waals surface area contributed by atoms with E-state index in [0.29, 0.717) is 12.3 Å². The van der Waals surface area contributed by atoms with Crippen molar-refractivity contribution in [1.82, 2.24) is 0 Å². The normalized spacial score (nSPS) is 54.8. The Morgan fingerprint density at radius 1 is 1.45 bits per heavy atom. The third-order valence-corrected chi connectivity index (χ3v) is 6.99. The summed E-state index contributed by atoms with van der Waals surface area (Å²) in [7, 11) is 0. The van der Waals surface area contributed by atoms with Gasteiger partial charge in [0, 0.05) is 23.2 Å². The highest BCUT2D eigenvalue weighted by molar-refractivity contribution is 5.96. The summed E-state index contributed by atoms with van der Waals surface area (Å²) in [5, 5.41) is 20.0. The van der Waals surface area contributed by atoms with Crippen molar-refractivity contribution in [3.63, 3.8) is 0 Å². The monoisotopic (exact) mass is 306 g/mol. The van der Waals surface area contributed by atoms with Crippen molar-refractivity contribution in [3.05, 3.63) is 12.2 Å². The molecule has 120 valence electrons. The lowest BCUT2D eigenvalue weighted by molar-refractivity contribution is -0.219. The number of ketones is 1. The van der Waals surface area contributed by atoms with E-state index in [1.807, 2.05) is 19.9 Å². The molecule has 1 unspecified atom stereocenters. The fraction of sp³-hybridized carbons (Fsp3) is 0.765. The second-order valence-electron chi connectivity index (χ2n) is 7.98. The molecule has 2 N–H and O–H groups in total. The SMILES string of the molecule is C[C@@]12O[C@H]3C[C@@H]1C[C@@]1(C=CC(=O)[C@@](C)(CCC(=O)O)C31)[C@H]2O. The summed E-state index contributed by atoms with van der Waals surface area (Å²) in [6.45, 7) is 3.84. The Labute approximate surface area is 129 Å². The van der Waals surface area contributed by atoms with Gasteiger partial charge in [-0.15, -0.1) is 0 Å². The van der Waals surface area contributed by atoms with Gasteiger partial charge >= 0.3 is 5.97 Å². The fourth-order valence-electron chi connectivity index (χ4n) is 5.96. The summed E-state index contributed by atoms with van der Waals surface area (Å²) in [6, 6.07) is 0. The zero-order chi connectivity index (χ0) is 15.9. The zero-order valence-corrected chi connectivity index (χ0v) is 12.9. The molecule has 0 radical (unpaired) electrons. The van der Waals surface area contributed by atoms with Crippen molar-refractivity contribution in [2.24, 2.45) is 22.7 Å². The molecule has 5 rings (SSSR count). The van der Waals surface area contributed by atoms with Crippen molar-refractivity contribution >= 4 is 11.8 Å². The van der Waals surface area contributed by atoms with Gasteiger partial charge in [-0.05, 0) is 38.2 Å². The summed E-state index contributed by atoms with van der Waals surface area (Å²) in [6.07, 6.45) is 4.76. The van der Waals surface area contributed by atoms with Gasteiger partial charge in [-0.25, -0.2) is 0 Å². The van der Waals surface area contributed by atoms with Crippen LogP contribution in [0.3, 0.4) is 0 Å². The number of rotatable bonds is 3. The number of allylic oxidation sites excluding steroid dienone is 1. The van der Waals surface area contributed by atoms with Crippen LogP contribution in [-0.4, -0.2) is 39.8 Å². The van der Waals surface area contributed by atoms with Crippen molar-refractivity contribution in [2.45, 2.75) is 57.3 Å². The number of carbonyl (C=O) groups excluding carboxylic acids is 1.